The van der Waals surface area contributed by atoms with E-state index < -0.39 is 18.6 Å². The van der Waals surface area contributed by atoms with Gasteiger partial charge in [0.25, 0.3) is 0 Å². The Morgan fingerprint density at radius 2 is 1.47 bits per heavy atom. The number of hydrogen-bond acceptors (Lipinski definition) is 4. The van der Waals surface area contributed by atoms with Gasteiger partial charge in [0.05, 0.1) is 12.2 Å². The van der Waals surface area contributed by atoms with E-state index in [1.807, 2.05) is 36.4 Å². The highest BCUT2D eigenvalue weighted by atomic mass is 19.4. The van der Waals surface area contributed by atoms with Gasteiger partial charge in [-0.25, -0.2) is 4.79 Å². The summed E-state index contributed by atoms with van der Waals surface area (Å²) in [6, 6.07) is 15.7. The average Bonchev–Trinajstić information content (AvgIpc) is 3.32. The molecule has 2 aromatic rings. The number of piperazine rings is 1. The van der Waals surface area contributed by atoms with Crippen molar-refractivity contribution in [2.75, 3.05) is 19.7 Å². The van der Waals surface area contributed by atoms with Gasteiger partial charge in [-0.15, -0.1) is 0 Å². The van der Waals surface area contributed by atoms with E-state index >= 15 is 0 Å². The molecule has 0 unspecified atom stereocenters. The summed E-state index contributed by atoms with van der Waals surface area (Å²) < 4.78 is 42.0. The number of carbonyl (C=O) groups is 1. The quantitative estimate of drug-likeness (QED) is 0.570. The minimum Gasteiger partial charge on any atom is -0.494 e. The van der Waals surface area contributed by atoms with Gasteiger partial charge in [0, 0.05) is 44.7 Å². The standard InChI is InChI=1S/C24H27F3N2O3/c25-24(26,27)10-1-11-32-22-8-4-18(5-9-22)14-29-16-20-12-21(29)15-28(20)13-17-2-6-19(7-3-17)23(30)31/h2-9,20-21H,1,10-16H2,(H,30,31)/t20-,21-/m0/s1. The fraction of sp³-hybridized carbons (Fsp3) is 0.458. The van der Waals surface area contributed by atoms with Crippen molar-refractivity contribution >= 4 is 5.97 Å². The van der Waals surface area contributed by atoms with E-state index in [1.54, 1.807) is 12.1 Å². The predicted octanol–water partition coefficient (Wildman–Crippen LogP) is 4.56. The summed E-state index contributed by atoms with van der Waals surface area (Å²) >= 11 is 0. The number of hydrogen-bond donors (Lipinski definition) is 1. The van der Waals surface area contributed by atoms with E-state index in [9.17, 15) is 18.0 Å². The number of carboxylic acid groups (broad SMARTS) is 1. The molecule has 4 rings (SSSR count). The van der Waals surface area contributed by atoms with E-state index in [2.05, 4.69) is 9.80 Å². The van der Waals surface area contributed by atoms with Gasteiger partial charge < -0.3 is 9.84 Å². The van der Waals surface area contributed by atoms with E-state index in [0.717, 1.165) is 43.7 Å². The first-order valence-corrected chi connectivity index (χ1v) is 10.9. The third kappa shape index (κ3) is 5.81. The third-order valence-corrected chi connectivity index (χ3v) is 6.24. The van der Waals surface area contributed by atoms with Crippen molar-refractivity contribution < 1.29 is 27.8 Å². The number of carboxylic acids is 1. The summed E-state index contributed by atoms with van der Waals surface area (Å²) in [6.07, 6.45) is -3.87. The second-order valence-corrected chi connectivity index (χ2v) is 8.62. The summed E-state index contributed by atoms with van der Waals surface area (Å²) in [7, 11) is 0. The van der Waals surface area contributed by atoms with Crippen LogP contribution in [0.15, 0.2) is 48.5 Å². The lowest BCUT2D eigenvalue weighted by Gasteiger charge is -2.34. The molecule has 2 bridgehead atoms. The SMILES string of the molecule is O=C(O)c1ccc(CN2C[C@@H]3C[C@H]2CN3Cc2ccc(OCCCC(F)(F)F)cc2)cc1. The third-order valence-electron chi connectivity index (χ3n) is 6.24. The monoisotopic (exact) mass is 448 g/mol. The predicted molar refractivity (Wildman–Crippen MR) is 114 cm³/mol. The average molecular weight is 448 g/mol. The molecule has 0 saturated carbocycles. The molecule has 0 amide bonds. The van der Waals surface area contributed by atoms with Crippen molar-refractivity contribution in [3.05, 3.63) is 65.2 Å². The van der Waals surface area contributed by atoms with Crippen LogP contribution in [-0.2, 0) is 13.1 Å². The van der Waals surface area contributed by atoms with Crippen LogP contribution < -0.4 is 4.74 Å². The zero-order chi connectivity index (χ0) is 22.7. The molecule has 172 valence electrons. The van der Waals surface area contributed by atoms with Crippen LogP contribution in [0.1, 0.15) is 40.7 Å². The van der Waals surface area contributed by atoms with Gasteiger partial charge in [0.1, 0.15) is 5.75 Å². The number of nitrogens with zero attached hydrogens (tertiary/aromatic N) is 2. The van der Waals surface area contributed by atoms with Gasteiger partial charge in [0.15, 0.2) is 0 Å². The number of likely N-dealkylation sites (tertiary alicyclic amines) is 2. The number of benzene rings is 2. The molecule has 2 aliphatic rings. The van der Waals surface area contributed by atoms with Crippen molar-refractivity contribution in [1.29, 1.82) is 0 Å². The lowest BCUT2D eigenvalue weighted by atomic mass is 10.1. The Hall–Kier alpha value is -2.58. The second kappa shape index (κ2) is 9.50. The zero-order valence-corrected chi connectivity index (χ0v) is 17.7. The van der Waals surface area contributed by atoms with Crippen LogP contribution in [-0.4, -0.2) is 58.8 Å². The molecule has 0 aromatic heterocycles. The van der Waals surface area contributed by atoms with Crippen LogP contribution in [0, 0.1) is 0 Å². The van der Waals surface area contributed by atoms with Crippen molar-refractivity contribution in [2.45, 2.75) is 50.6 Å². The fourth-order valence-corrected chi connectivity index (χ4v) is 4.59. The van der Waals surface area contributed by atoms with Crippen molar-refractivity contribution in [1.82, 2.24) is 9.80 Å². The minimum absolute atomic E-state index is 0.0394. The second-order valence-electron chi connectivity index (χ2n) is 8.62. The largest absolute Gasteiger partial charge is 0.494 e. The molecule has 2 atom stereocenters. The van der Waals surface area contributed by atoms with Crippen LogP contribution in [0.2, 0.25) is 0 Å². The van der Waals surface area contributed by atoms with Crippen molar-refractivity contribution in [3.8, 4) is 5.75 Å². The summed E-state index contributed by atoms with van der Waals surface area (Å²) in [5.74, 6) is -0.313. The van der Waals surface area contributed by atoms with E-state index in [0.29, 0.717) is 23.4 Å². The molecule has 2 aromatic carbocycles. The summed E-state index contributed by atoms with van der Waals surface area (Å²) in [5, 5.41) is 9.03. The topological polar surface area (TPSA) is 53.0 Å². The van der Waals surface area contributed by atoms with E-state index in [4.69, 9.17) is 9.84 Å². The summed E-state index contributed by atoms with van der Waals surface area (Å²) in [4.78, 5) is 15.9. The van der Waals surface area contributed by atoms with Crippen molar-refractivity contribution in [2.24, 2.45) is 0 Å². The maximum atomic E-state index is 12.2. The normalized spacial score (nSPS) is 21.2. The van der Waals surface area contributed by atoms with Gasteiger partial charge in [0.2, 0.25) is 0 Å². The molecule has 5 nitrogen and oxygen atoms in total. The van der Waals surface area contributed by atoms with Crippen LogP contribution in [0.5, 0.6) is 5.75 Å². The molecule has 1 N–H and O–H groups in total. The van der Waals surface area contributed by atoms with Gasteiger partial charge in [-0.1, -0.05) is 24.3 Å². The first-order chi connectivity index (χ1) is 15.3. The molecule has 0 aliphatic carbocycles. The maximum absolute atomic E-state index is 12.2. The molecular weight excluding hydrogens is 421 g/mol. The molecule has 2 fully saturated rings. The van der Waals surface area contributed by atoms with Crippen molar-refractivity contribution in [3.63, 3.8) is 0 Å². The number of alkyl halides is 3. The molecule has 2 saturated heterocycles. The highest BCUT2D eigenvalue weighted by Crippen LogP contribution is 2.33. The van der Waals surface area contributed by atoms with Crippen LogP contribution in [0.3, 0.4) is 0 Å². The highest BCUT2D eigenvalue weighted by Gasteiger charge is 2.42. The number of aromatic carboxylic acids is 1. The molecule has 0 radical (unpaired) electrons. The minimum atomic E-state index is -4.14. The number of rotatable bonds is 9. The Labute approximate surface area is 185 Å². The Bertz CT molecular complexity index is 916. The molecule has 8 heteroatoms. The van der Waals surface area contributed by atoms with Crippen LogP contribution in [0.25, 0.3) is 0 Å². The molecule has 0 spiro atoms. The van der Waals surface area contributed by atoms with Crippen LogP contribution >= 0.6 is 0 Å². The van der Waals surface area contributed by atoms with Gasteiger partial charge in [-0.3, -0.25) is 9.80 Å². The fourth-order valence-electron chi connectivity index (χ4n) is 4.59. The Balaban J connectivity index is 1.22. The van der Waals surface area contributed by atoms with Crippen LogP contribution in [0.4, 0.5) is 13.2 Å². The Morgan fingerprint density at radius 1 is 0.938 bits per heavy atom. The summed E-state index contributed by atoms with van der Waals surface area (Å²) in [5.41, 5.74) is 2.59. The lowest BCUT2D eigenvalue weighted by Crippen LogP contribution is -2.45. The van der Waals surface area contributed by atoms with Gasteiger partial charge in [-0.2, -0.15) is 13.2 Å². The number of ether oxygens (including phenoxy) is 1. The van der Waals surface area contributed by atoms with Gasteiger partial charge in [-0.05, 0) is 48.2 Å². The molecule has 2 aliphatic heterocycles. The van der Waals surface area contributed by atoms with Gasteiger partial charge >= 0.3 is 12.1 Å². The molecule has 32 heavy (non-hydrogen) atoms. The zero-order valence-electron chi connectivity index (χ0n) is 17.7. The maximum Gasteiger partial charge on any atom is 0.389 e. The first kappa shape index (κ1) is 22.6. The first-order valence-electron chi connectivity index (χ1n) is 10.9. The Kier molecular flexibility index (Phi) is 6.71. The van der Waals surface area contributed by atoms with E-state index in [-0.39, 0.29) is 13.0 Å². The highest BCUT2D eigenvalue weighted by molar-refractivity contribution is 5.87. The van der Waals surface area contributed by atoms with E-state index in [1.165, 1.54) is 0 Å². The molecule has 2 heterocycles. The number of halogens is 3. The molecular formula is C24H27F3N2O3. The smallest absolute Gasteiger partial charge is 0.389 e. The lowest BCUT2D eigenvalue weighted by molar-refractivity contribution is -0.136. The summed E-state index contributed by atoms with van der Waals surface area (Å²) in [6.45, 7) is 3.72. The Morgan fingerprint density at radius 3 is 1.94 bits per heavy atom. The number of fused-ring (bicyclic) bond motifs is 2.